The molecule has 0 radical (unpaired) electrons. The highest BCUT2D eigenvalue weighted by atomic mass is 16.6. The van der Waals surface area contributed by atoms with Gasteiger partial charge in [-0.15, -0.1) is 0 Å². The minimum atomic E-state index is -1.29. The summed E-state index contributed by atoms with van der Waals surface area (Å²) in [4.78, 5) is 40.1. The van der Waals surface area contributed by atoms with Crippen LogP contribution in [0.4, 0.5) is 0 Å². The zero-order chi connectivity index (χ0) is 26.9. The largest absolute Gasteiger partial charge is 0.505 e. The molecule has 8 atom stereocenters. The van der Waals surface area contributed by atoms with Crippen molar-refractivity contribution in [2.75, 3.05) is 0 Å². The molecule has 3 fully saturated rings. The second-order valence-electron chi connectivity index (χ2n) is 13.4. The van der Waals surface area contributed by atoms with E-state index in [1.165, 1.54) is 12.2 Å². The van der Waals surface area contributed by atoms with E-state index in [2.05, 4.69) is 6.92 Å². The van der Waals surface area contributed by atoms with Gasteiger partial charge in [0.1, 0.15) is 11.4 Å². The molecule has 0 bridgehead atoms. The zero-order valence-electron chi connectivity index (χ0n) is 22.2. The van der Waals surface area contributed by atoms with Gasteiger partial charge in [-0.1, -0.05) is 31.6 Å². The van der Waals surface area contributed by atoms with Crippen molar-refractivity contribution in [3.63, 3.8) is 0 Å². The maximum absolute atomic E-state index is 14.1. The molecule has 7 heteroatoms. The molecule has 3 N–H and O–H groups in total. The summed E-state index contributed by atoms with van der Waals surface area (Å²) in [6.45, 7) is 12.4. The number of rotatable bonds is 3. The Kier molecular flexibility index (Phi) is 5.01. The van der Waals surface area contributed by atoms with E-state index in [9.17, 15) is 29.7 Å². The standard InChI is InChI=1S/C29H38O7/c1-24(2,35)11-10-20(32)28(7)22-18(31)13-26(5)19-9-8-15-16(12-17(30)23(34)25(15,3)4)27(19,6)21(33)14-29(22,26)36-28/h8,10-12,16,18-19,22,30-31,35H,9,13-14H2,1-7H3/b11-10+/t16-,18-,19-,22+,26?,27?,28-,29?/m0/s1. The third kappa shape index (κ3) is 2.82. The molecule has 7 nitrogen and oxygen atoms in total. The Morgan fingerprint density at radius 1 is 1.17 bits per heavy atom. The van der Waals surface area contributed by atoms with Crippen molar-refractivity contribution in [1.82, 2.24) is 0 Å². The monoisotopic (exact) mass is 498 g/mol. The molecule has 0 aromatic rings. The van der Waals surface area contributed by atoms with Crippen LogP contribution in [0.1, 0.15) is 67.7 Å². The van der Waals surface area contributed by atoms with Gasteiger partial charge in [0, 0.05) is 23.2 Å². The number of fused-ring (bicyclic) bond motifs is 4. The summed E-state index contributed by atoms with van der Waals surface area (Å²) in [6.07, 6.45) is 6.48. The van der Waals surface area contributed by atoms with Gasteiger partial charge in [-0.05, 0) is 65.5 Å². The smallest absolute Gasteiger partial charge is 0.206 e. The summed E-state index contributed by atoms with van der Waals surface area (Å²) in [6, 6.07) is 0. The van der Waals surface area contributed by atoms with Crippen molar-refractivity contribution in [2.45, 2.75) is 90.6 Å². The topological polar surface area (TPSA) is 121 Å². The Labute approximate surface area is 212 Å². The average Bonchev–Trinajstić information content (AvgIpc) is 2.92. The summed E-state index contributed by atoms with van der Waals surface area (Å²) >= 11 is 0. The molecule has 1 spiro atoms. The van der Waals surface area contributed by atoms with Crippen LogP contribution in [0.25, 0.3) is 0 Å². The van der Waals surface area contributed by atoms with E-state index in [4.69, 9.17) is 4.74 Å². The van der Waals surface area contributed by atoms with Crippen LogP contribution in [-0.4, -0.2) is 55.6 Å². The lowest BCUT2D eigenvalue weighted by Gasteiger charge is -2.69. The first-order valence-electron chi connectivity index (χ1n) is 12.9. The van der Waals surface area contributed by atoms with Gasteiger partial charge in [-0.3, -0.25) is 14.4 Å². The molecule has 1 saturated heterocycles. The number of carbonyl (C=O) groups excluding carboxylic acids is 3. The molecule has 4 aliphatic carbocycles. The quantitative estimate of drug-likeness (QED) is 0.403. The van der Waals surface area contributed by atoms with Gasteiger partial charge in [0.05, 0.1) is 28.6 Å². The Morgan fingerprint density at radius 3 is 2.42 bits per heavy atom. The normalized spacial score (nSPS) is 47.2. The maximum atomic E-state index is 14.1. The fourth-order valence-corrected chi connectivity index (χ4v) is 8.67. The fraction of sp³-hybridized carbons (Fsp3) is 0.690. The maximum Gasteiger partial charge on any atom is 0.206 e. The summed E-state index contributed by atoms with van der Waals surface area (Å²) in [5.41, 5.74) is -4.97. The van der Waals surface area contributed by atoms with Gasteiger partial charge >= 0.3 is 0 Å². The molecular weight excluding hydrogens is 460 g/mol. The Balaban J connectivity index is 1.57. The van der Waals surface area contributed by atoms with Gasteiger partial charge in [-0.25, -0.2) is 0 Å². The van der Waals surface area contributed by atoms with Crippen LogP contribution in [0, 0.1) is 34.0 Å². The second-order valence-corrected chi connectivity index (χ2v) is 13.4. The molecule has 5 aliphatic rings. The molecule has 0 amide bonds. The minimum absolute atomic E-state index is 0.0320. The van der Waals surface area contributed by atoms with E-state index >= 15 is 0 Å². The first-order valence-corrected chi connectivity index (χ1v) is 12.9. The number of ketones is 3. The van der Waals surface area contributed by atoms with E-state index in [-0.39, 0.29) is 35.4 Å². The zero-order valence-corrected chi connectivity index (χ0v) is 22.2. The first kappa shape index (κ1) is 25.6. The second kappa shape index (κ2) is 7.06. The van der Waals surface area contributed by atoms with Crippen LogP contribution >= 0.6 is 0 Å². The minimum Gasteiger partial charge on any atom is -0.505 e. The van der Waals surface area contributed by atoms with Crippen LogP contribution in [0.3, 0.4) is 0 Å². The number of allylic oxidation sites excluding steroid dienone is 4. The Morgan fingerprint density at radius 2 is 1.81 bits per heavy atom. The van der Waals surface area contributed by atoms with Gasteiger partial charge in [0.25, 0.3) is 0 Å². The van der Waals surface area contributed by atoms with E-state index in [0.717, 1.165) is 5.57 Å². The highest BCUT2D eigenvalue weighted by Crippen LogP contribution is 2.75. The molecule has 36 heavy (non-hydrogen) atoms. The number of hydrogen-bond donors (Lipinski definition) is 3. The number of Topliss-reactive ketones (excluding diaryl/α,β-unsaturated/α-hetero) is 2. The van der Waals surface area contributed by atoms with Gasteiger partial charge in [0.2, 0.25) is 5.78 Å². The summed E-state index contributed by atoms with van der Waals surface area (Å²) in [5, 5.41) is 31.9. The molecule has 0 aromatic carbocycles. The number of ether oxygens (including phenoxy) is 1. The van der Waals surface area contributed by atoms with Crippen LogP contribution in [-0.2, 0) is 19.1 Å². The van der Waals surface area contributed by atoms with Crippen LogP contribution in [0.2, 0.25) is 0 Å². The van der Waals surface area contributed by atoms with Gasteiger partial charge in [-0.2, -0.15) is 0 Å². The average molecular weight is 499 g/mol. The number of aliphatic hydroxyl groups is 3. The molecule has 1 heterocycles. The molecular formula is C29H38O7. The first-order chi connectivity index (χ1) is 16.4. The molecule has 5 rings (SSSR count). The Hall–Kier alpha value is -2.09. The summed E-state index contributed by atoms with van der Waals surface area (Å²) in [5.74, 6) is -2.20. The third-order valence-corrected chi connectivity index (χ3v) is 10.5. The highest BCUT2D eigenvalue weighted by molar-refractivity contribution is 6.02. The van der Waals surface area contributed by atoms with Crippen molar-refractivity contribution in [2.24, 2.45) is 34.0 Å². The predicted molar refractivity (Wildman–Crippen MR) is 132 cm³/mol. The predicted octanol–water partition coefficient (Wildman–Crippen LogP) is 3.39. The van der Waals surface area contributed by atoms with E-state index in [1.54, 1.807) is 40.7 Å². The van der Waals surface area contributed by atoms with Crippen molar-refractivity contribution < 1.29 is 34.4 Å². The van der Waals surface area contributed by atoms with Crippen molar-refractivity contribution in [3.05, 3.63) is 35.6 Å². The SMILES string of the molecule is CC(C)(O)/C=C/C(=O)[C@]1(C)OC23CC(=O)C4(C)[C@@H](CC=C5[C@@H]4C=C(O)C(=O)C5(C)C)C2(C)C[C@H](O)[C@@H]31. The van der Waals surface area contributed by atoms with Crippen LogP contribution in [0.5, 0.6) is 0 Å². The lowest BCUT2D eigenvalue weighted by Crippen LogP contribution is -2.78. The van der Waals surface area contributed by atoms with E-state index in [1.807, 2.05) is 13.0 Å². The van der Waals surface area contributed by atoms with Crippen LogP contribution < -0.4 is 0 Å². The van der Waals surface area contributed by atoms with E-state index < -0.39 is 51.0 Å². The van der Waals surface area contributed by atoms with Gasteiger partial charge < -0.3 is 20.1 Å². The fourth-order valence-electron chi connectivity index (χ4n) is 8.67. The summed E-state index contributed by atoms with van der Waals surface area (Å²) < 4.78 is 6.52. The Bertz CT molecular complexity index is 1170. The number of hydrogen-bond acceptors (Lipinski definition) is 7. The number of aliphatic hydroxyl groups excluding tert-OH is 2. The van der Waals surface area contributed by atoms with E-state index in [0.29, 0.717) is 12.8 Å². The van der Waals surface area contributed by atoms with Crippen molar-refractivity contribution in [1.29, 1.82) is 0 Å². The lowest BCUT2D eigenvalue weighted by atomic mass is 9.40. The molecule has 196 valence electrons. The summed E-state index contributed by atoms with van der Waals surface area (Å²) in [7, 11) is 0. The molecule has 1 aliphatic heterocycles. The number of carbonyl (C=O) groups is 3. The third-order valence-electron chi connectivity index (χ3n) is 10.5. The van der Waals surface area contributed by atoms with Crippen molar-refractivity contribution in [3.8, 4) is 0 Å². The molecule has 0 aromatic heterocycles. The van der Waals surface area contributed by atoms with Gasteiger partial charge in [0.15, 0.2) is 11.5 Å². The van der Waals surface area contributed by atoms with Crippen LogP contribution in [0.15, 0.2) is 35.6 Å². The van der Waals surface area contributed by atoms with Crippen molar-refractivity contribution >= 4 is 17.3 Å². The lowest BCUT2D eigenvalue weighted by molar-refractivity contribution is -0.344. The molecule has 2 saturated carbocycles. The highest BCUT2D eigenvalue weighted by Gasteiger charge is 2.83. The molecule has 3 unspecified atom stereocenters.